The van der Waals surface area contributed by atoms with Crippen LogP contribution in [0.5, 0.6) is 6.01 Å². The Labute approximate surface area is 163 Å². The van der Waals surface area contributed by atoms with Crippen molar-refractivity contribution in [2.75, 3.05) is 10.5 Å². The van der Waals surface area contributed by atoms with Gasteiger partial charge in [-0.2, -0.15) is 4.98 Å². The van der Waals surface area contributed by atoms with E-state index in [0.29, 0.717) is 11.4 Å². The molecule has 3 rings (SSSR count). The quantitative estimate of drug-likeness (QED) is 0.650. The van der Waals surface area contributed by atoms with Crippen molar-refractivity contribution in [3.05, 3.63) is 54.3 Å². The molecule has 9 heteroatoms. The van der Waals surface area contributed by atoms with Gasteiger partial charge in [-0.15, -0.1) is 5.10 Å². The van der Waals surface area contributed by atoms with Crippen LogP contribution >= 0.6 is 0 Å². The van der Waals surface area contributed by atoms with Crippen LogP contribution < -0.4 is 9.46 Å². The molecule has 0 bridgehead atoms. The molecule has 1 aromatic heterocycles. The molecule has 1 heterocycles. The Kier molecular flexibility index (Phi) is 5.64. The molecule has 0 spiro atoms. The predicted octanol–water partition coefficient (Wildman–Crippen LogP) is 3.62. The topological polar surface area (TPSA) is 86.1 Å². The van der Waals surface area contributed by atoms with Gasteiger partial charge in [0.05, 0.1) is 23.1 Å². The molecule has 0 saturated carbocycles. The molecule has 0 aliphatic carbocycles. The first-order valence-corrected chi connectivity index (χ1v) is 10.4. The normalized spacial score (nSPS) is 11.6. The van der Waals surface area contributed by atoms with Crippen molar-refractivity contribution >= 4 is 15.7 Å². The van der Waals surface area contributed by atoms with Crippen LogP contribution in [0.15, 0.2) is 48.5 Å². The summed E-state index contributed by atoms with van der Waals surface area (Å²) < 4.78 is 47.3. The van der Waals surface area contributed by atoms with Gasteiger partial charge in [-0.25, -0.2) is 17.5 Å². The fourth-order valence-electron chi connectivity index (χ4n) is 2.47. The summed E-state index contributed by atoms with van der Waals surface area (Å²) in [4.78, 5) is 4.33. The lowest BCUT2D eigenvalue weighted by Gasteiger charge is -2.09. The molecule has 28 heavy (non-hydrogen) atoms. The molecule has 0 aliphatic heterocycles. The van der Waals surface area contributed by atoms with Crippen LogP contribution in [-0.4, -0.2) is 35.0 Å². The monoisotopic (exact) mass is 404 g/mol. The summed E-state index contributed by atoms with van der Waals surface area (Å²) in [5.74, 6) is -0.166. The molecule has 148 valence electrons. The molecule has 0 radical (unpaired) electrons. The highest BCUT2D eigenvalue weighted by Gasteiger charge is 2.18. The first-order chi connectivity index (χ1) is 13.3. The molecule has 0 atom stereocenters. The second kappa shape index (κ2) is 7.97. The Bertz CT molecular complexity index is 1060. The number of benzene rings is 2. The molecule has 7 nitrogen and oxygen atoms in total. The van der Waals surface area contributed by atoms with Crippen molar-refractivity contribution < 1.29 is 17.5 Å². The fraction of sp³-hybridized carbons (Fsp3) is 0.263. The van der Waals surface area contributed by atoms with Crippen LogP contribution in [-0.2, 0) is 10.0 Å². The third-order valence-electron chi connectivity index (χ3n) is 3.81. The second-order valence-corrected chi connectivity index (χ2v) is 8.34. The van der Waals surface area contributed by atoms with Gasteiger partial charge in [0.15, 0.2) is 5.82 Å². The van der Waals surface area contributed by atoms with E-state index in [-0.39, 0.29) is 29.3 Å². The van der Waals surface area contributed by atoms with Crippen molar-refractivity contribution in [3.8, 4) is 23.1 Å². The molecular formula is C19H21FN4O3S. The van der Waals surface area contributed by atoms with Gasteiger partial charge in [0.25, 0.3) is 0 Å². The standard InChI is InChI=1S/C19H21FN4O3S/c1-4-28(25,26)23-14-9-11-15(12-10-14)24-18(16-7-5-6-8-17(16)20)21-19(22-24)27-13(2)3/h5-13,23H,4H2,1-3H3. The van der Waals surface area contributed by atoms with Gasteiger partial charge in [-0.05, 0) is 57.2 Å². The van der Waals surface area contributed by atoms with Gasteiger partial charge in [0.1, 0.15) is 5.82 Å². The molecule has 0 unspecified atom stereocenters. The maximum Gasteiger partial charge on any atom is 0.336 e. The van der Waals surface area contributed by atoms with E-state index in [0.717, 1.165) is 0 Å². The number of ether oxygens (including phenoxy) is 1. The van der Waals surface area contributed by atoms with E-state index in [9.17, 15) is 12.8 Å². The summed E-state index contributed by atoms with van der Waals surface area (Å²) in [7, 11) is -3.37. The lowest BCUT2D eigenvalue weighted by Crippen LogP contribution is -2.14. The second-order valence-electron chi connectivity index (χ2n) is 6.33. The minimum Gasteiger partial charge on any atom is -0.460 e. The summed E-state index contributed by atoms with van der Waals surface area (Å²) in [5, 5.41) is 4.34. The number of sulfonamides is 1. The molecule has 2 aromatic carbocycles. The van der Waals surface area contributed by atoms with E-state index in [1.54, 1.807) is 49.4 Å². The Balaban J connectivity index is 2.03. The van der Waals surface area contributed by atoms with E-state index < -0.39 is 15.8 Å². The van der Waals surface area contributed by atoms with Gasteiger partial charge in [-0.1, -0.05) is 12.1 Å². The number of nitrogens with one attached hydrogen (secondary N) is 1. The van der Waals surface area contributed by atoms with Crippen LogP contribution in [0.3, 0.4) is 0 Å². The molecule has 3 aromatic rings. The van der Waals surface area contributed by atoms with E-state index in [1.807, 2.05) is 13.8 Å². The number of aromatic nitrogens is 3. The minimum atomic E-state index is -3.37. The fourth-order valence-corrected chi connectivity index (χ4v) is 3.11. The zero-order chi connectivity index (χ0) is 20.3. The average molecular weight is 404 g/mol. The number of rotatable bonds is 7. The van der Waals surface area contributed by atoms with Gasteiger partial charge in [-0.3, -0.25) is 4.72 Å². The third kappa shape index (κ3) is 4.48. The predicted molar refractivity (Wildman–Crippen MR) is 106 cm³/mol. The molecule has 0 fully saturated rings. The van der Waals surface area contributed by atoms with E-state index in [4.69, 9.17) is 4.74 Å². The molecular weight excluding hydrogens is 383 g/mol. The molecule has 0 aliphatic rings. The minimum absolute atomic E-state index is 0.0227. The zero-order valence-corrected chi connectivity index (χ0v) is 16.6. The summed E-state index contributed by atoms with van der Waals surface area (Å²) in [5.41, 5.74) is 1.30. The Morgan fingerprint density at radius 1 is 1.14 bits per heavy atom. The zero-order valence-electron chi connectivity index (χ0n) is 15.8. The van der Waals surface area contributed by atoms with Crippen LogP contribution in [0.2, 0.25) is 0 Å². The van der Waals surface area contributed by atoms with Crippen molar-refractivity contribution in [2.24, 2.45) is 0 Å². The van der Waals surface area contributed by atoms with E-state index in [2.05, 4.69) is 14.8 Å². The van der Waals surface area contributed by atoms with Crippen molar-refractivity contribution in [3.63, 3.8) is 0 Å². The Morgan fingerprint density at radius 2 is 1.82 bits per heavy atom. The average Bonchev–Trinajstić information content (AvgIpc) is 3.05. The summed E-state index contributed by atoms with van der Waals surface area (Å²) >= 11 is 0. The number of anilines is 1. The maximum absolute atomic E-state index is 14.3. The number of halogens is 1. The third-order valence-corrected chi connectivity index (χ3v) is 5.12. The van der Waals surface area contributed by atoms with E-state index in [1.165, 1.54) is 10.7 Å². The molecule has 0 amide bonds. The van der Waals surface area contributed by atoms with Gasteiger partial charge < -0.3 is 4.74 Å². The van der Waals surface area contributed by atoms with Crippen LogP contribution in [0.1, 0.15) is 20.8 Å². The van der Waals surface area contributed by atoms with Gasteiger partial charge >= 0.3 is 6.01 Å². The number of hydrogen-bond acceptors (Lipinski definition) is 5. The molecule has 0 saturated heterocycles. The Morgan fingerprint density at radius 3 is 2.43 bits per heavy atom. The van der Waals surface area contributed by atoms with Crippen LogP contribution in [0, 0.1) is 5.82 Å². The summed E-state index contributed by atoms with van der Waals surface area (Å²) in [6.07, 6.45) is -0.143. The van der Waals surface area contributed by atoms with Gasteiger partial charge in [0, 0.05) is 5.69 Å². The number of hydrogen-bond donors (Lipinski definition) is 1. The van der Waals surface area contributed by atoms with E-state index >= 15 is 0 Å². The maximum atomic E-state index is 14.3. The lowest BCUT2D eigenvalue weighted by molar-refractivity contribution is 0.222. The van der Waals surface area contributed by atoms with Crippen molar-refractivity contribution in [2.45, 2.75) is 26.9 Å². The van der Waals surface area contributed by atoms with Gasteiger partial charge in [0.2, 0.25) is 10.0 Å². The van der Waals surface area contributed by atoms with Crippen LogP contribution in [0.25, 0.3) is 17.1 Å². The van der Waals surface area contributed by atoms with Crippen molar-refractivity contribution in [1.82, 2.24) is 14.8 Å². The molecule has 1 N–H and O–H groups in total. The van der Waals surface area contributed by atoms with Crippen molar-refractivity contribution in [1.29, 1.82) is 0 Å². The highest BCUT2D eigenvalue weighted by atomic mass is 32.2. The number of nitrogens with zero attached hydrogens (tertiary/aromatic N) is 3. The lowest BCUT2D eigenvalue weighted by atomic mass is 10.2. The highest BCUT2D eigenvalue weighted by molar-refractivity contribution is 7.92. The Hall–Kier alpha value is -2.94. The highest BCUT2D eigenvalue weighted by Crippen LogP contribution is 2.26. The van der Waals surface area contributed by atoms with Crippen LogP contribution in [0.4, 0.5) is 10.1 Å². The first-order valence-electron chi connectivity index (χ1n) is 8.78. The summed E-state index contributed by atoms with van der Waals surface area (Å²) in [6, 6.07) is 13.0. The largest absolute Gasteiger partial charge is 0.460 e. The SMILES string of the molecule is CCS(=O)(=O)Nc1ccc(-n2nc(OC(C)C)nc2-c2ccccc2F)cc1. The summed E-state index contributed by atoms with van der Waals surface area (Å²) in [6.45, 7) is 5.25. The first kappa shape index (κ1) is 19.8. The smallest absolute Gasteiger partial charge is 0.336 e.